The summed E-state index contributed by atoms with van der Waals surface area (Å²) in [6.45, 7) is 2.02. The van der Waals surface area contributed by atoms with Gasteiger partial charge in [0.15, 0.2) is 0 Å². The minimum absolute atomic E-state index is 0.461. The third-order valence-corrected chi connectivity index (χ3v) is 4.82. The average molecular weight is 378 g/mol. The molecule has 0 radical (unpaired) electrons. The highest BCUT2D eigenvalue weighted by Gasteiger charge is 2.23. The van der Waals surface area contributed by atoms with Gasteiger partial charge in [0.1, 0.15) is 5.69 Å². The van der Waals surface area contributed by atoms with Crippen molar-refractivity contribution in [3.05, 3.63) is 96.7 Å². The van der Waals surface area contributed by atoms with Gasteiger partial charge in [0.2, 0.25) is 5.89 Å². The van der Waals surface area contributed by atoms with Crippen molar-refractivity contribution < 1.29 is 4.42 Å². The zero-order valence-corrected chi connectivity index (χ0v) is 15.9. The Balaban J connectivity index is 1.70. The van der Waals surface area contributed by atoms with Crippen LogP contribution in [0.4, 0.5) is 0 Å². The Kier molecular flexibility index (Phi) is 4.26. The van der Waals surface area contributed by atoms with Crippen molar-refractivity contribution in [3.8, 4) is 39.9 Å². The molecule has 0 unspecified atom stereocenters. The molecule has 5 aromatic rings. The van der Waals surface area contributed by atoms with Crippen LogP contribution >= 0.6 is 0 Å². The summed E-state index contributed by atoms with van der Waals surface area (Å²) in [5.74, 6) is 0.953. The van der Waals surface area contributed by atoms with Gasteiger partial charge in [-0.05, 0) is 31.2 Å². The van der Waals surface area contributed by atoms with Crippen molar-refractivity contribution in [1.82, 2.24) is 20.0 Å². The van der Waals surface area contributed by atoms with Crippen LogP contribution in [0.5, 0.6) is 0 Å². The second-order valence-electron chi connectivity index (χ2n) is 6.70. The predicted molar refractivity (Wildman–Crippen MR) is 112 cm³/mol. The van der Waals surface area contributed by atoms with E-state index in [1.165, 1.54) is 0 Å². The zero-order chi connectivity index (χ0) is 19.6. The fourth-order valence-corrected chi connectivity index (χ4v) is 3.40. The molecule has 0 aliphatic heterocycles. The van der Waals surface area contributed by atoms with Crippen LogP contribution in [0.25, 0.3) is 39.9 Å². The summed E-state index contributed by atoms with van der Waals surface area (Å²) in [7, 11) is 0. The first-order chi connectivity index (χ1) is 14.3. The van der Waals surface area contributed by atoms with E-state index in [4.69, 9.17) is 9.52 Å². The maximum Gasteiger partial charge on any atom is 0.252 e. The molecule has 0 saturated carbocycles. The standard InChI is InChI=1S/C24H18N4O/c1-17-21(24-26-25-23(29-24)19-13-7-3-8-14-19)22(18-11-5-2-6-12-18)27-28(17)20-15-9-4-10-16-20/h2-16H,1H3. The predicted octanol–water partition coefficient (Wildman–Crippen LogP) is 5.56. The molecule has 0 N–H and O–H groups in total. The van der Waals surface area contributed by atoms with Gasteiger partial charge in [-0.2, -0.15) is 5.10 Å². The lowest BCUT2D eigenvalue weighted by Gasteiger charge is -2.03. The van der Waals surface area contributed by atoms with Gasteiger partial charge in [-0.3, -0.25) is 0 Å². The Morgan fingerprint density at radius 1 is 0.655 bits per heavy atom. The molecule has 0 bridgehead atoms. The van der Waals surface area contributed by atoms with Gasteiger partial charge in [-0.15, -0.1) is 10.2 Å². The minimum atomic E-state index is 0.461. The fourth-order valence-electron chi connectivity index (χ4n) is 3.40. The number of para-hydroxylation sites is 1. The van der Waals surface area contributed by atoms with E-state index in [9.17, 15) is 0 Å². The normalized spacial score (nSPS) is 10.9. The molecule has 29 heavy (non-hydrogen) atoms. The quantitative estimate of drug-likeness (QED) is 0.410. The van der Waals surface area contributed by atoms with E-state index in [2.05, 4.69) is 10.2 Å². The topological polar surface area (TPSA) is 56.7 Å². The molecule has 5 nitrogen and oxygen atoms in total. The Hall–Kier alpha value is -3.99. The monoisotopic (exact) mass is 378 g/mol. The maximum atomic E-state index is 6.07. The number of hydrogen-bond donors (Lipinski definition) is 0. The summed E-state index contributed by atoms with van der Waals surface area (Å²) < 4.78 is 7.99. The molecule has 5 heteroatoms. The van der Waals surface area contributed by atoms with Crippen LogP contribution < -0.4 is 0 Å². The van der Waals surface area contributed by atoms with Gasteiger partial charge in [0, 0.05) is 11.1 Å². The summed E-state index contributed by atoms with van der Waals surface area (Å²) in [5.41, 5.74) is 5.47. The van der Waals surface area contributed by atoms with Gasteiger partial charge in [0.25, 0.3) is 5.89 Å². The lowest BCUT2D eigenvalue weighted by atomic mass is 10.1. The molecule has 0 fully saturated rings. The molecule has 0 amide bonds. The molecule has 2 aromatic heterocycles. The number of aromatic nitrogens is 4. The highest BCUT2D eigenvalue weighted by molar-refractivity contribution is 5.79. The molecular weight excluding hydrogens is 360 g/mol. The van der Waals surface area contributed by atoms with Crippen LogP contribution in [0.15, 0.2) is 95.4 Å². The molecule has 0 atom stereocenters. The number of rotatable bonds is 4. The summed E-state index contributed by atoms with van der Waals surface area (Å²) in [6, 6.07) is 29.9. The molecule has 140 valence electrons. The van der Waals surface area contributed by atoms with Gasteiger partial charge in [-0.25, -0.2) is 4.68 Å². The summed E-state index contributed by atoms with van der Waals surface area (Å²) in [4.78, 5) is 0. The third-order valence-electron chi connectivity index (χ3n) is 4.82. The van der Waals surface area contributed by atoms with Gasteiger partial charge in [-0.1, -0.05) is 66.7 Å². The van der Waals surface area contributed by atoms with Crippen LogP contribution in [-0.4, -0.2) is 20.0 Å². The summed E-state index contributed by atoms with van der Waals surface area (Å²) >= 11 is 0. The van der Waals surface area contributed by atoms with E-state index in [-0.39, 0.29) is 0 Å². The summed E-state index contributed by atoms with van der Waals surface area (Å²) in [5, 5.41) is 13.5. The van der Waals surface area contributed by atoms with Crippen molar-refractivity contribution in [2.75, 3.05) is 0 Å². The van der Waals surface area contributed by atoms with Crippen molar-refractivity contribution >= 4 is 0 Å². The highest BCUT2D eigenvalue weighted by Crippen LogP contribution is 2.35. The minimum Gasteiger partial charge on any atom is -0.416 e. The van der Waals surface area contributed by atoms with E-state index in [0.717, 1.165) is 33.8 Å². The molecule has 2 heterocycles. The second kappa shape index (κ2) is 7.20. The van der Waals surface area contributed by atoms with Crippen LogP contribution in [-0.2, 0) is 0 Å². The zero-order valence-electron chi connectivity index (χ0n) is 15.9. The van der Waals surface area contributed by atoms with Crippen LogP contribution in [0.1, 0.15) is 5.69 Å². The van der Waals surface area contributed by atoms with E-state index in [1.54, 1.807) is 0 Å². The smallest absolute Gasteiger partial charge is 0.252 e. The summed E-state index contributed by atoms with van der Waals surface area (Å²) in [6.07, 6.45) is 0. The lowest BCUT2D eigenvalue weighted by Crippen LogP contribution is -1.98. The van der Waals surface area contributed by atoms with E-state index in [1.807, 2.05) is 103 Å². The van der Waals surface area contributed by atoms with Crippen molar-refractivity contribution in [1.29, 1.82) is 0 Å². The molecule has 3 aromatic carbocycles. The van der Waals surface area contributed by atoms with Crippen LogP contribution in [0.2, 0.25) is 0 Å². The number of nitrogens with zero attached hydrogens (tertiary/aromatic N) is 4. The Morgan fingerprint density at radius 3 is 1.86 bits per heavy atom. The van der Waals surface area contributed by atoms with E-state index in [0.29, 0.717) is 11.8 Å². The largest absolute Gasteiger partial charge is 0.416 e. The van der Waals surface area contributed by atoms with Gasteiger partial charge < -0.3 is 4.42 Å². The average Bonchev–Trinajstić information content (AvgIpc) is 3.40. The molecule has 5 rings (SSSR count). The van der Waals surface area contributed by atoms with Crippen LogP contribution in [0, 0.1) is 6.92 Å². The fraction of sp³-hybridized carbons (Fsp3) is 0.0417. The second-order valence-corrected chi connectivity index (χ2v) is 6.70. The Morgan fingerprint density at radius 2 is 1.21 bits per heavy atom. The van der Waals surface area contributed by atoms with Crippen LogP contribution in [0.3, 0.4) is 0 Å². The van der Waals surface area contributed by atoms with Crippen molar-refractivity contribution in [2.45, 2.75) is 6.92 Å². The third kappa shape index (κ3) is 3.12. The molecule has 0 spiro atoms. The highest BCUT2D eigenvalue weighted by atomic mass is 16.4. The van der Waals surface area contributed by atoms with E-state index < -0.39 is 0 Å². The van der Waals surface area contributed by atoms with E-state index >= 15 is 0 Å². The number of hydrogen-bond acceptors (Lipinski definition) is 4. The van der Waals surface area contributed by atoms with Crippen molar-refractivity contribution in [3.63, 3.8) is 0 Å². The van der Waals surface area contributed by atoms with Gasteiger partial charge in [0.05, 0.1) is 16.9 Å². The first-order valence-corrected chi connectivity index (χ1v) is 9.41. The first-order valence-electron chi connectivity index (χ1n) is 9.41. The molecule has 0 aliphatic carbocycles. The Labute approximate surface area is 168 Å². The molecular formula is C24H18N4O. The SMILES string of the molecule is Cc1c(-c2nnc(-c3ccccc3)o2)c(-c2ccccc2)nn1-c1ccccc1. The molecule has 0 saturated heterocycles. The maximum absolute atomic E-state index is 6.07. The first kappa shape index (κ1) is 17.1. The van der Waals surface area contributed by atoms with Crippen molar-refractivity contribution in [2.24, 2.45) is 0 Å². The lowest BCUT2D eigenvalue weighted by molar-refractivity contribution is 0.584. The molecule has 0 aliphatic rings. The Bertz CT molecular complexity index is 1240. The van der Waals surface area contributed by atoms with Gasteiger partial charge >= 0.3 is 0 Å². The number of benzene rings is 3.